The summed E-state index contributed by atoms with van der Waals surface area (Å²) in [5, 5.41) is 1.94. The number of halogens is 2. The summed E-state index contributed by atoms with van der Waals surface area (Å²) in [7, 11) is 0. The van der Waals surface area contributed by atoms with E-state index >= 15 is 0 Å². The number of hydrogen-bond acceptors (Lipinski definition) is 3. The van der Waals surface area contributed by atoms with Crippen molar-refractivity contribution in [3.05, 3.63) is 58.9 Å². The highest BCUT2D eigenvalue weighted by molar-refractivity contribution is 7.15. The van der Waals surface area contributed by atoms with Gasteiger partial charge in [0.15, 0.2) is 4.96 Å². The number of aromatic nitrogens is 2. The number of fused-ring (bicyclic) bond motifs is 1. The number of rotatable bonds is 5. The predicted molar refractivity (Wildman–Crippen MR) is 95.9 cm³/mol. The highest BCUT2D eigenvalue weighted by Crippen LogP contribution is 2.26. The molecule has 4 nitrogen and oxygen atoms in total. The average Bonchev–Trinajstić information content (AvgIpc) is 3.31. The number of nitrogens with zero attached hydrogens (tertiary/aromatic N) is 3. The van der Waals surface area contributed by atoms with Gasteiger partial charge >= 0.3 is 0 Å². The zero-order valence-electron chi connectivity index (χ0n) is 14.2. The second kappa shape index (κ2) is 7.15. The Kier molecular flexibility index (Phi) is 4.72. The summed E-state index contributed by atoms with van der Waals surface area (Å²) in [6, 6.07) is 3.64. The van der Waals surface area contributed by atoms with Crippen LogP contribution in [0.4, 0.5) is 8.78 Å². The lowest BCUT2D eigenvalue weighted by molar-refractivity contribution is -0.133. The maximum atomic E-state index is 14.1. The molecule has 7 heteroatoms. The third-order valence-corrected chi connectivity index (χ3v) is 5.69. The normalized spacial score (nSPS) is 15.0. The molecule has 0 atom stereocenters. The average molecular weight is 375 g/mol. The van der Waals surface area contributed by atoms with Crippen LogP contribution < -0.4 is 0 Å². The van der Waals surface area contributed by atoms with Gasteiger partial charge in [-0.3, -0.25) is 9.20 Å². The van der Waals surface area contributed by atoms with Crippen molar-refractivity contribution in [3.8, 4) is 0 Å². The fourth-order valence-electron chi connectivity index (χ4n) is 3.59. The molecule has 26 heavy (non-hydrogen) atoms. The minimum atomic E-state index is -0.608. The molecule has 0 radical (unpaired) electrons. The fourth-order valence-corrected chi connectivity index (χ4v) is 4.31. The van der Waals surface area contributed by atoms with Gasteiger partial charge in [0.2, 0.25) is 5.91 Å². The Labute approximate surface area is 154 Å². The summed E-state index contributed by atoms with van der Waals surface area (Å²) in [6.07, 6.45) is 7.94. The van der Waals surface area contributed by atoms with Gasteiger partial charge in [-0.2, -0.15) is 0 Å². The summed E-state index contributed by atoms with van der Waals surface area (Å²) in [4.78, 5) is 20.0. The van der Waals surface area contributed by atoms with Crippen molar-refractivity contribution >= 4 is 22.2 Å². The van der Waals surface area contributed by atoms with Gasteiger partial charge in [0, 0.05) is 42.0 Å². The number of benzene rings is 1. The van der Waals surface area contributed by atoms with E-state index < -0.39 is 11.6 Å². The molecule has 2 aromatic heterocycles. The van der Waals surface area contributed by atoms with Crippen molar-refractivity contribution < 1.29 is 13.6 Å². The molecule has 0 aliphatic heterocycles. The smallest absolute Gasteiger partial charge is 0.229 e. The van der Waals surface area contributed by atoms with Gasteiger partial charge in [-0.15, -0.1) is 11.3 Å². The van der Waals surface area contributed by atoms with Gasteiger partial charge in [-0.05, 0) is 18.9 Å². The quantitative estimate of drug-likeness (QED) is 0.671. The van der Waals surface area contributed by atoms with Crippen molar-refractivity contribution in [2.75, 3.05) is 0 Å². The Bertz CT molecular complexity index is 901. The first-order valence-electron chi connectivity index (χ1n) is 8.74. The molecule has 0 spiro atoms. The first-order chi connectivity index (χ1) is 12.6. The third kappa shape index (κ3) is 3.49. The highest BCUT2D eigenvalue weighted by atomic mass is 32.1. The second-order valence-electron chi connectivity index (χ2n) is 6.70. The van der Waals surface area contributed by atoms with E-state index in [1.54, 1.807) is 4.90 Å². The van der Waals surface area contributed by atoms with E-state index in [4.69, 9.17) is 0 Å². The minimum Gasteiger partial charge on any atom is -0.335 e. The standard InChI is InChI=1S/C19H19F2N3OS/c20-14-6-5-13(17(21)9-14)11-24(16-3-1-2-4-16)18(25)10-15-12-23-7-8-26-19(23)22-15/h5-9,12,16H,1-4,10-11H2. The van der Waals surface area contributed by atoms with E-state index in [1.807, 2.05) is 22.2 Å². The molecule has 0 unspecified atom stereocenters. The summed E-state index contributed by atoms with van der Waals surface area (Å²) in [5.74, 6) is -1.28. The van der Waals surface area contributed by atoms with Crippen LogP contribution in [0.25, 0.3) is 4.96 Å². The van der Waals surface area contributed by atoms with E-state index in [1.165, 1.54) is 23.5 Å². The highest BCUT2D eigenvalue weighted by Gasteiger charge is 2.28. The van der Waals surface area contributed by atoms with E-state index in [-0.39, 0.29) is 24.9 Å². The SMILES string of the molecule is O=C(Cc1cn2ccsc2n1)N(Cc1ccc(F)cc1F)C1CCCC1. The molecule has 0 N–H and O–H groups in total. The van der Waals surface area contributed by atoms with Crippen molar-refractivity contribution in [1.29, 1.82) is 0 Å². The molecular formula is C19H19F2N3OS. The monoisotopic (exact) mass is 375 g/mol. The van der Waals surface area contributed by atoms with Crippen LogP contribution in [0.15, 0.2) is 36.0 Å². The van der Waals surface area contributed by atoms with Gasteiger partial charge in [0.05, 0.1) is 12.1 Å². The molecule has 1 fully saturated rings. The van der Waals surface area contributed by atoms with Gasteiger partial charge in [-0.25, -0.2) is 13.8 Å². The summed E-state index contributed by atoms with van der Waals surface area (Å²) < 4.78 is 29.2. The Morgan fingerprint density at radius 1 is 1.31 bits per heavy atom. The van der Waals surface area contributed by atoms with Gasteiger partial charge < -0.3 is 4.90 Å². The molecule has 136 valence electrons. The van der Waals surface area contributed by atoms with E-state index in [0.29, 0.717) is 11.3 Å². The third-order valence-electron chi connectivity index (χ3n) is 4.92. The summed E-state index contributed by atoms with van der Waals surface area (Å²) in [6.45, 7) is 0.165. The van der Waals surface area contributed by atoms with Crippen molar-refractivity contribution in [2.45, 2.75) is 44.7 Å². The molecule has 1 saturated carbocycles. The van der Waals surface area contributed by atoms with Crippen molar-refractivity contribution in [3.63, 3.8) is 0 Å². The lowest BCUT2D eigenvalue weighted by Gasteiger charge is -2.29. The number of carbonyl (C=O) groups excluding carboxylic acids is 1. The molecular weight excluding hydrogens is 356 g/mol. The number of carbonyl (C=O) groups is 1. The zero-order valence-corrected chi connectivity index (χ0v) is 15.0. The van der Waals surface area contributed by atoms with E-state index in [9.17, 15) is 13.6 Å². The number of amides is 1. The topological polar surface area (TPSA) is 37.6 Å². The Balaban J connectivity index is 1.55. The van der Waals surface area contributed by atoms with Crippen LogP contribution in [-0.2, 0) is 17.8 Å². The predicted octanol–water partition coefficient (Wildman–Crippen LogP) is 4.19. The minimum absolute atomic E-state index is 0.0635. The number of hydrogen-bond donors (Lipinski definition) is 0. The van der Waals surface area contributed by atoms with Crippen LogP contribution in [0, 0.1) is 11.6 Å². The van der Waals surface area contributed by atoms with Crippen LogP contribution in [-0.4, -0.2) is 26.2 Å². The first-order valence-corrected chi connectivity index (χ1v) is 9.62. The fraction of sp³-hybridized carbons (Fsp3) is 0.368. The molecule has 1 aromatic carbocycles. The molecule has 1 amide bonds. The Morgan fingerprint density at radius 2 is 2.12 bits per heavy atom. The van der Waals surface area contributed by atoms with Crippen LogP contribution in [0.5, 0.6) is 0 Å². The molecule has 3 aromatic rings. The Morgan fingerprint density at radius 3 is 2.85 bits per heavy atom. The van der Waals surface area contributed by atoms with Gasteiger partial charge in [0.1, 0.15) is 11.6 Å². The molecule has 4 rings (SSSR count). The van der Waals surface area contributed by atoms with Crippen molar-refractivity contribution in [2.24, 2.45) is 0 Å². The maximum Gasteiger partial charge on any atom is 0.229 e. The van der Waals surface area contributed by atoms with Crippen LogP contribution in [0.1, 0.15) is 36.9 Å². The summed E-state index contributed by atoms with van der Waals surface area (Å²) in [5.41, 5.74) is 1.06. The van der Waals surface area contributed by atoms with Crippen LogP contribution in [0.2, 0.25) is 0 Å². The van der Waals surface area contributed by atoms with E-state index in [2.05, 4.69) is 4.98 Å². The maximum absolute atomic E-state index is 14.1. The molecule has 0 saturated heterocycles. The molecule has 0 bridgehead atoms. The second-order valence-corrected chi connectivity index (χ2v) is 7.57. The lowest BCUT2D eigenvalue weighted by atomic mass is 10.1. The van der Waals surface area contributed by atoms with Crippen LogP contribution >= 0.6 is 11.3 Å². The molecule has 2 heterocycles. The van der Waals surface area contributed by atoms with Crippen LogP contribution in [0.3, 0.4) is 0 Å². The lowest BCUT2D eigenvalue weighted by Crippen LogP contribution is -2.39. The van der Waals surface area contributed by atoms with E-state index in [0.717, 1.165) is 36.7 Å². The van der Waals surface area contributed by atoms with Crippen molar-refractivity contribution in [1.82, 2.24) is 14.3 Å². The Hall–Kier alpha value is -2.28. The zero-order chi connectivity index (χ0) is 18.1. The van der Waals surface area contributed by atoms with Gasteiger partial charge in [-0.1, -0.05) is 18.9 Å². The molecule has 1 aliphatic rings. The molecule has 1 aliphatic carbocycles. The number of imidazole rings is 1. The number of thiazole rings is 1. The van der Waals surface area contributed by atoms with Gasteiger partial charge in [0.25, 0.3) is 0 Å². The first kappa shape index (κ1) is 17.1. The largest absolute Gasteiger partial charge is 0.335 e. The summed E-state index contributed by atoms with van der Waals surface area (Å²) >= 11 is 1.52.